The highest BCUT2D eigenvalue weighted by atomic mass is 32.1. The molecule has 2 aromatic rings. The van der Waals surface area contributed by atoms with Crippen molar-refractivity contribution in [2.75, 3.05) is 6.61 Å². The van der Waals surface area contributed by atoms with E-state index in [1.165, 1.54) is 0 Å². The highest BCUT2D eigenvalue weighted by molar-refractivity contribution is 7.18. The van der Waals surface area contributed by atoms with Gasteiger partial charge in [-0.2, -0.15) is 0 Å². The van der Waals surface area contributed by atoms with E-state index in [0.717, 1.165) is 21.6 Å². The van der Waals surface area contributed by atoms with Gasteiger partial charge in [0, 0.05) is 5.92 Å². The fraction of sp³-hybridized carbons (Fsp3) is 0.429. The number of thiazole rings is 1. The molecule has 0 aliphatic carbocycles. The number of hydrogen-bond donors (Lipinski definition) is 1. The van der Waals surface area contributed by atoms with Crippen LogP contribution in [0.2, 0.25) is 0 Å². The monoisotopic (exact) mass is 279 g/mol. The average Bonchev–Trinajstić information content (AvgIpc) is 2.82. The van der Waals surface area contributed by atoms with Gasteiger partial charge < -0.3 is 9.84 Å². The molecule has 0 amide bonds. The average molecular weight is 279 g/mol. The third kappa shape index (κ3) is 3.23. The first kappa shape index (κ1) is 13.8. The minimum atomic E-state index is -0.856. The van der Waals surface area contributed by atoms with Crippen LogP contribution >= 0.6 is 11.3 Å². The standard InChI is InChI=1S/C14H17NO3S/c1-3-9(2)14-15-13-10(18-8-7-12(16)17)5-4-6-11(13)19-14/h4-6,9H,3,7-8H2,1-2H3,(H,16,17). The maximum atomic E-state index is 10.5. The zero-order valence-corrected chi connectivity index (χ0v) is 11.9. The van der Waals surface area contributed by atoms with Gasteiger partial charge in [-0.3, -0.25) is 4.79 Å². The highest BCUT2D eigenvalue weighted by Crippen LogP contribution is 2.33. The van der Waals surface area contributed by atoms with Crippen molar-refractivity contribution in [1.29, 1.82) is 0 Å². The topological polar surface area (TPSA) is 59.4 Å². The zero-order chi connectivity index (χ0) is 13.8. The van der Waals surface area contributed by atoms with Crippen molar-refractivity contribution < 1.29 is 14.6 Å². The van der Waals surface area contributed by atoms with Gasteiger partial charge in [0.25, 0.3) is 0 Å². The van der Waals surface area contributed by atoms with Crippen molar-refractivity contribution in [3.63, 3.8) is 0 Å². The quantitative estimate of drug-likeness (QED) is 0.876. The second-order valence-electron chi connectivity index (χ2n) is 4.46. The van der Waals surface area contributed by atoms with E-state index in [1.54, 1.807) is 11.3 Å². The van der Waals surface area contributed by atoms with E-state index in [2.05, 4.69) is 18.8 Å². The molecule has 0 aliphatic rings. The predicted molar refractivity (Wildman–Crippen MR) is 76.1 cm³/mol. The Labute approximate surface area is 116 Å². The molecule has 0 radical (unpaired) electrons. The van der Waals surface area contributed by atoms with Crippen molar-refractivity contribution in [1.82, 2.24) is 4.98 Å². The Morgan fingerprint density at radius 3 is 3.00 bits per heavy atom. The van der Waals surface area contributed by atoms with Crippen molar-refractivity contribution in [2.24, 2.45) is 0 Å². The molecule has 1 atom stereocenters. The fourth-order valence-corrected chi connectivity index (χ4v) is 2.81. The third-order valence-electron chi connectivity index (χ3n) is 3.01. The number of rotatable bonds is 6. The van der Waals surface area contributed by atoms with Crippen LogP contribution in [0.3, 0.4) is 0 Å². The van der Waals surface area contributed by atoms with E-state index in [1.807, 2.05) is 18.2 Å². The number of fused-ring (bicyclic) bond motifs is 1. The lowest BCUT2D eigenvalue weighted by atomic mass is 10.1. The molecule has 0 bridgehead atoms. The molecule has 1 aromatic heterocycles. The summed E-state index contributed by atoms with van der Waals surface area (Å²) in [5.74, 6) is 0.250. The molecule has 2 rings (SSSR count). The smallest absolute Gasteiger partial charge is 0.306 e. The maximum Gasteiger partial charge on any atom is 0.306 e. The van der Waals surface area contributed by atoms with Gasteiger partial charge in [0.05, 0.1) is 22.7 Å². The minimum absolute atomic E-state index is 0.00125. The van der Waals surface area contributed by atoms with Crippen molar-refractivity contribution in [3.05, 3.63) is 23.2 Å². The lowest BCUT2D eigenvalue weighted by Crippen LogP contribution is -2.05. The van der Waals surface area contributed by atoms with E-state index in [4.69, 9.17) is 9.84 Å². The second-order valence-corrected chi connectivity index (χ2v) is 5.52. The number of carbonyl (C=O) groups is 1. The largest absolute Gasteiger partial charge is 0.491 e. The molecule has 0 fully saturated rings. The molecule has 102 valence electrons. The SMILES string of the molecule is CCC(C)c1nc2c(OCCC(=O)O)cccc2s1. The molecular weight excluding hydrogens is 262 g/mol. The number of aliphatic carboxylic acids is 1. The molecule has 0 saturated carbocycles. The fourth-order valence-electron chi connectivity index (χ4n) is 1.69. The summed E-state index contributed by atoms with van der Waals surface area (Å²) in [6, 6.07) is 5.77. The molecule has 0 spiro atoms. The van der Waals surface area contributed by atoms with Gasteiger partial charge in [0.2, 0.25) is 0 Å². The predicted octanol–water partition coefficient (Wildman–Crippen LogP) is 3.66. The maximum absolute atomic E-state index is 10.5. The van der Waals surface area contributed by atoms with Crippen LogP contribution in [0.1, 0.15) is 37.6 Å². The van der Waals surface area contributed by atoms with Gasteiger partial charge >= 0.3 is 5.97 Å². The summed E-state index contributed by atoms with van der Waals surface area (Å²) in [7, 11) is 0. The Kier molecular flexibility index (Phi) is 4.37. The molecule has 1 N–H and O–H groups in total. The second kappa shape index (κ2) is 6.02. The first-order valence-corrected chi connectivity index (χ1v) is 7.17. The summed E-state index contributed by atoms with van der Waals surface area (Å²) in [5, 5.41) is 9.72. The summed E-state index contributed by atoms with van der Waals surface area (Å²) in [6.07, 6.45) is 1.05. The van der Waals surface area contributed by atoms with Gasteiger partial charge in [-0.25, -0.2) is 4.98 Å². The summed E-state index contributed by atoms with van der Waals surface area (Å²) in [4.78, 5) is 15.1. The summed E-state index contributed by atoms with van der Waals surface area (Å²) < 4.78 is 6.61. The van der Waals surface area contributed by atoms with Crippen molar-refractivity contribution in [3.8, 4) is 5.75 Å². The number of hydrogen-bond acceptors (Lipinski definition) is 4. The molecular formula is C14H17NO3S. The zero-order valence-electron chi connectivity index (χ0n) is 11.0. The number of carboxylic acids is 1. The van der Waals surface area contributed by atoms with Crippen LogP contribution in [0.15, 0.2) is 18.2 Å². The van der Waals surface area contributed by atoms with E-state index >= 15 is 0 Å². The Morgan fingerprint density at radius 2 is 2.32 bits per heavy atom. The summed E-state index contributed by atoms with van der Waals surface area (Å²) >= 11 is 1.68. The van der Waals surface area contributed by atoms with Crippen molar-refractivity contribution in [2.45, 2.75) is 32.6 Å². The van der Waals surface area contributed by atoms with Crippen LogP contribution in [0.4, 0.5) is 0 Å². The van der Waals surface area contributed by atoms with E-state index in [-0.39, 0.29) is 13.0 Å². The van der Waals surface area contributed by atoms with Gasteiger partial charge in [0.1, 0.15) is 11.3 Å². The third-order valence-corrected chi connectivity index (χ3v) is 4.26. The first-order chi connectivity index (χ1) is 9.11. The Bertz CT molecular complexity index is 579. The van der Waals surface area contributed by atoms with Gasteiger partial charge in [-0.05, 0) is 18.6 Å². The van der Waals surface area contributed by atoms with E-state index in [0.29, 0.717) is 11.7 Å². The Morgan fingerprint density at radius 1 is 1.53 bits per heavy atom. The molecule has 1 aromatic carbocycles. The summed E-state index contributed by atoms with van der Waals surface area (Å²) in [6.45, 7) is 4.47. The lowest BCUT2D eigenvalue weighted by molar-refractivity contribution is -0.137. The van der Waals surface area contributed by atoms with Crippen LogP contribution in [-0.2, 0) is 4.79 Å². The van der Waals surface area contributed by atoms with Crippen LogP contribution < -0.4 is 4.74 Å². The molecule has 19 heavy (non-hydrogen) atoms. The number of carboxylic acid groups (broad SMARTS) is 1. The molecule has 4 nitrogen and oxygen atoms in total. The van der Waals surface area contributed by atoms with Crippen LogP contribution in [-0.4, -0.2) is 22.7 Å². The van der Waals surface area contributed by atoms with E-state index in [9.17, 15) is 4.79 Å². The van der Waals surface area contributed by atoms with Crippen LogP contribution in [0, 0.1) is 0 Å². The van der Waals surface area contributed by atoms with Crippen molar-refractivity contribution >= 4 is 27.5 Å². The minimum Gasteiger partial charge on any atom is -0.491 e. The Hall–Kier alpha value is -1.62. The van der Waals surface area contributed by atoms with Gasteiger partial charge in [-0.1, -0.05) is 19.9 Å². The lowest BCUT2D eigenvalue weighted by Gasteiger charge is -2.04. The van der Waals surface area contributed by atoms with Gasteiger partial charge in [-0.15, -0.1) is 11.3 Å². The molecule has 1 unspecified atom stereocenters. The molecule has 0 saturated heterocycles. The van der Waals surface area contributed by atoms with Crippen LogP contribution in [0.5, 0.6) is 5.75 Å². The number of aromatic nitrogens is 1. The first-order valence-electron chi connectivity index (χ1n) is 6.35. The van der Waals surface area contributed by atoms with Crippen LogP contribution in [0.25, 0.3) is 10.2 Å². The van der Waals surface area contributed by atoms with E-state index < -0.39 is 5.97 Å². The molecule has 1 heterocycles. The normalized spacial score (nSPS) is 12.5. The number of para-hydroxylation sites is 1. The number of nitrogens with zero attached hydrogens (tertiary/aromatic N) is 1. The summed E-state index contributed by atoms with van der Waals surface area (Å²) in [5.41, 5.74) is 0.841. The number of ether oxygens (including phenoxy) is 1. The number of benzene rings is 1. The molecule has 5 heteroatoms. The molecule has 0 aliphatic heterocycles. The van der Waals surface area contributed by atoms with Gasteiger partial charge in [0.15, 0.2) is 0 Å². The highest BCUT2D eigenvalue weighted by Gasteiger charge is 2.13. The Balaban J connectivity index is 2.23.